The quantitative estimate of drug-likeness (QED) is 0.867. The van der Waals surface area contributed by atoms with Crippen molar-refractivity contribution in [2.75, 3.05) is 6.54 Å². The van der Waals surface area contributed by atoms with E-state index in [0.29, 0.717) is 11.8 Å². The van der Waals surface area contributed by atoms with Crippen molar-refractivity contribution in [1.29, 1.82) is 0 Å². The second-order valence-corrected chi connectivity index (χ2v) is 5.56. The number of thiophene rings is 1. The van der Waals surface area contributed by atoms with Gasteiger partial charge in [0, 0.05) is 4.88 Å². The van der Waals surface area contributed by atoms with Crippen molar-refractivity contribution in [3.8, 4) is 10.8 Å². The molecule has 2 aromatic heterocycles. The van der Waals surface area contributed by atoms with Crippen molar-refractivity contribution < 1.29 is 4.42 Å². The van der Waals surface area contributed by atoms with Crippen molar-refractivity contribution >= 4 is 11.3 Å². The molecule has 1 N–H and O–H groups in total. The van der Waals surface area contributed by atoms with E-state index in [1.807, 2.05) is 6.07 Å². The highest BCUT2D eigenvalue weighted by Gasteiger charge is 2.17. The Kier molecular flexibility index (Phi) is 4.49. The molecule has 0 saturated heterocycles. The third kappa shape index (κ3) is 2.97. The molecule has 0 aromatic carbocycles. The number of aryl methyl sites for hydroxylation is 1. The highest BCUT2D eigenvalue weighted by atomic mass is 32.1. The maximum Gasteiger partial charge on any atom is 0.257 e. The molecule has 0 radical (unpaired) electrons. The van der Waals surface area contributed by atoms with Crippen molar-refractivity contribution in [2.24, 2.45) is 0 Å². The normalized spacial score (nSPS) is 12.8. The van der Waals surface area contributed by atoms with Crippen LogP contribution in [0.3, 0.4) is 0 Å². The van der Waals surface area contributed by atoms with Crippen LogP contribution in [-0.2, 0) is 0 Å². The Morgan fingerprint density at radius 2 is 2.17 bits per heavy atom. The lowest BCUT2D eigenvalue weighted by Crippen LogP contribution is -2.21. The first kappa shape index (κ1) is 13.2. The average Bonchev–Trinajstić information content (AvgIpc) is 2.99. The van der Waals surface area contributed by atoms with Gasteiger partial charge in [-0.25, -0.2) is 0 Å². The van der Waals surface area contributed by atoms with Gasteiger partial charge >= 0.3 is 0 Å². The molecule has 2 heterocycles. The van der Waals surface area contributed by atoms with Crippen LogP contribution in [-0.4, -0.2) is 16.7 Å². The minimum Gasteiger partial charge on any atom is -0.418 e. The third-order valence-corrected chi connectivity index (χ3v) is 3.73. The van der Waals surface area contributed by atoms with E-state index in [1.165, 1.54) is 4.88 Å². The lowest BCUT2D eigenvalue weighted by molar-refractivity contribution is 0.396. The Labute approximate surface area is 111 Å². The van der Waals surface area contributed by atoms with E-state index >= 15 is 0 Å². The summed E-state index contributed by atoms with van der Waals surface area (Å²) in [6.45, 7) is 7.30. The molecule has 0 bridgehead atoms. The Balaban J connectivity index is 2.13. The number of hydrogen-bond donors (Lipinski definition) is 1. The Morgan fingerprint density at radius 1 is 1.33 bits per heavy atom. The van der Waals surface area contributed by atoms with Crippen LogP contribution in [0.5, 0.6) is 0 Å². The summed E-state index contributed by atoms with van der Waals surface area (Å²) in [6.07, 6.45) is 2.05. The van der Waals surface area contributed by atoms with Crippen LogP contribution in [0.15, 0.2) is 16.5 Å². The molecule has 0 aliphatic rings. The second-order valence-electron chi connectivity index (χ2n) is 4.27. The average molecular weight is 265 g/mol. The molecule has 2 aromatic rings. The van der Waals surface area contributed by atoms with Gasteiger partial charge in [-0.3, -0.25) is 0 Å². The third-order valence-electron chi connectivity index (χ3n) is 2.74. The van der Waals surface area contributed by atoms with E-state index in [-0.39, 0.29) is 6.04 Å². The van der Waals surface area contributed by atoms with E-state index in [4.69, 9.17) is 4.42 Å². The summed E-state index contributed by atoms with van der Waals surface area (Å²) in [4.78, 5) is 2.29. The van der Waals surface area contributed by atoms with Crippen molar-refractivity contribution in [2.45, 2.75) is 39.7 Å². The molecule has 5 heteroatoms. The molecule has 0 aliphatic heterocycles. The summed E-state index contributed by atoms with van der Waals surface area (Å²) in [7, 11) is 0. The van der Waals surface area contributed by atoms with Crippen LogP contribution in [0.2, 0.25) is 0 Å². The van der Waals surface area contributed by atoms with Gasteiger partial charge in [0.15, 0.2) is 0 Å². The zero-order valence-corrected chi connectivity index (χ0v) is 11.9. The van der Waals surface area contributed by atoms with Crippen molar-refractivity contribution in [1.82, 2.24) is 15.5 Å². The van der Waals surface area contributed by atoms with Crippen LogP contribution < -0.4 is 5.32 Å². The van der Waals surface area contributed by atoms with Gasteiger partial charge in [0.2, 0.25) is 5.89 Å². The van der Waals surface area contributed by atoms with Crippen molar-refractivity contribution in [3.63, 3.8) is 0 Å². The topological polar surface area (TPSA) is 51.0 Å². The molecular weight excluding hydrogens is 246 g/mol. The molecule has 4 nitrogen and oxygen atoms in total. The molecule has 1 atom stereocenters. The Morgan fingerprint density at radius 3 is 2.78 bits per heavy atom. The number of rotatable bonds is 6. The molecule has 0 spiro atoms. The van der Waals surface area contributed by atoms with E-state index in [0.717, 1.165) is 24.3 Å². The molecule has 1 unspecified atom stereocenters. The summed E-state index contributed by atoms with van der Waals surface area (Å²) in [5.74, 6) is 1.31. The number of nitrogens with one attached hydrogen (secondary N) is 1. The van der Waals surface area contributed by atoms with E-state index in [9.17, 15) is 0 Å². The summed E-state index contributed by atoms with van der Waals surface area (Å²) < 4.78 is 5.76. The van der Waals surface area contributed by atoms with Crippen LogP contribution in [0, 0.1) is 6.92 Å². The highest BCUT2D eigenvalue weighted by Crippen LogP contribution is 2.28. The molecule has 0 saturated carbocycles. The SMILES string of the molecule is CCCNC(CC)c1nnc(-c2ccc(C)s2)o1. The van der Waals surface area contributed by atoms with Gasteiger partial charge < -0.3 is 9.73 Å². The summed E-state index contributed by atoms with van der Waals surface area (Å²) >= 11 is 1.67. The van der Waals surface area contributed by atoms with E-state index in [1.54, 1.807) is 11.3 Å². The first-order chi connectivity index (χ1) is 8.74. The fraction of sp³-hybridized carbons (Fsp3) is 0.538. The van der Waals surface area contributed by atoms with Crippen LogP contribution in [0.4, 0.5) is 0 Å². The maximum atomic E-state index is 5.76. The number of aromatic nitrogens is 2. The van der Waals surface area contributed by atoms with Crippen LogP contribution in [0.1, 0.15) is 43.5 Å². The van der Waals surface area contributed by atoms with Gasteiger partial charge in [-0.05, 0) is 38.4 Å². The summed E-state index contributed by atoms with van der Waals surface area (Å²) in [6, 6.07) is 4.25. The Hall–Kier alpha value is -1.20. The minimum absolute atomic E-state index is 0.159. The fourth-order valence-corrected chi connectivity index (χ4v) is 2.54. The molecule has 98 valence electrons. The van der Waals surface area contributed by atoms with Gasteiger partial charge in [0.1, 0.15) is 0 Å². The molecular formula is C13H19N3OS. The van der Waals surface area contributed by atoms with Gasteiger partial charge in [-0.2, -0.15) is 0 Å². The Bertz CT molecular complexity index is 492. The van der Waals surface area contributed by atoms with Crippen molar-refractivity contribution in [3.05, 3.63) is 22.9 Å². The van der Waals surface area contributed by atoms with Crippen LogP contribution in [0.25, 0.3) is 10.8 Å². The lowest BCUT2D eigenvalue weighted by Gasteiger charge is -2.11. The first-order valence-electron chi connectivity index (χ1n) is 6.38. The maximum absolute atomic E-state index is 5.76. The monoisotopic (exact) mass is 265 g/mol. The van der Waals surface area contributed by atoms with Gasteiger partial charge in [0.05, 0.1) is 10.9 Å². The second kappa shape index (κ2) is 6.11. The molecule has 0 fully saturated rings. The van der Waals surface area contributed by atoms with Gasteiger partial charge in [-0.15, -0.1) is 21.5 Å². The number of nitrogens with zero attached hydrogens (tertiary/aromatic N) is 2. The molecule has 18 heavy (non-hydrogen) atoms. The zero-order chi connectivity index (χ0) is 13.0. The summed E-state index contributed by atoms with van der Waals surface area (Å²) in [5, 5.41) is 11.7. The molecule has 2 rings (SSSR count). The summed E-state index contributed by atoms with van der Waals surface area (Å²) in [5.41, 5.74) is 0. The largest absolute Gasteiger partial charge is 0.418 e. The lowest BCUT2D eigenvalue weighted by atomic mass is 10.2. The minimum atomic E-state index is 0.159. The standard InChI is InChI=1S/C13H19N3OS/c1-4-8-14-10(5-2)12-15-16-13(17-12)11-7-6-9(3)18-11/h6-7,10,14H,4-5,8H2,1-3H3. The smallest absolute Gasteiger partial charge is 0.257 e. The predicted octanol–water partition coefficient (Wildman–Crippen LogP) is 3.56. The number of hydrogen-bond acceptors (Lipinski definition) is 5. The van der Waals surface area contributed by atoms with Gasteiger partial charge in [-0.1, -0.05) is 13.8 Å². The predicted molar refractivity (Wildman–Crippen MR) is 73.7 cm³/mol. The highest BCUT2D eigenvalue weighted by molar-refractivity contribution is 7.15. The molecule has 0 aliphatic carbocycles. The van der Waals surface area contributed by atoms with Crippen LogP contribution >= 0.6 is 11.3 Å². The molecule has 0 amide bonds. The van der Waals surface area contributed by atoms with Gasteiger partial charge in [0.25, 0.3) is 5.89 Å². The fourth-order valence-electron chi connectivity index (χ4n) is 1.75. The zero-order valence-electron chi connectivity index (χ0n) is 11.1. The first-order valence-corrected chi connectivity index (χ1v) is 7.19. The van der Waals surface area contributed by atoms with E-state index < -0.39 is 0 Å². The van der Waals surface area contributed by atoms with E-state index in [2.05, 4.69) is 42.4 Å².